The van der Waals surface area contributed by atoms with Crippen LogP contribution in [-0.4, -0.2) is 43.0 Å². The molecule has 0 fully saturated rings. The van der Waals surface area contributed by atoms with Crippen LogP contribution >= 0.6 is 0 Å². The Labute approximate surface area is 207 Å². The van der Waals surface area contributed by atoms with Crippen molar-refractivity contribution in [2.45, 2.75) is 32.7 Å². The number of hydrogen-bond acceptors (Lipinski definition) is 4. The zero-order chi connectivity index (χ0) is 25.4. The summed E-state index contributed by atoms with van der Waals surface area (Å²) < 4.78 is 16.5. The van der Waals surface area contributed by atoms with Crippen LogP contribution in [-0.2, 0) is 17.6 Å². The van der Waals surface area contributed by atoms with Crippen LogP contribution in [0.25, 0.3) is 23.0 Å². The summed E-state index contributed by atoms with van der Waals surface area (Å²) in [5.41, 5.74) is 5.09. The molecule has 1 N–H and O–H groups in total. The van der Waals surface area contributed by atoms with Crippen LogP contribution in [0.3, 0.4) is 0 Å². The van der Waals surface area contributed by atoms with Crippen molar-refractivity contribution in [1.82, 2.24) is 19.5 Å². The number of hydrogen-bond donors (Lipinski definition) is 1. The van der Waals surface area contributed by atoms with Crippen LogP contribution in [0.15, 0.2) is 60.7 Å². The lowest BCUT2D eigenvalue weighted by atomic mass is 9.93. The minimum Gasteiger partial charge on any atom is -0.478 e. The molecule has 182 valence electrons. The molecular weight excluding hydrogens is 459 g/mol. The van der Waals surface area contributed by atoms with Gasteiger partial charge in [-0.15, -0.1) is 0 Å². The number of nitrogens with zero attached hydrogens (tertiary/aromatic N) is 4. The van der Waals surface area contributed by atoms with E-state index in [1.54, 1.807) is 28.8 Å². The van der Waals surface area contributed by atoms with Crippen LogP contribution in [0.4, 0.5) is 4.39 Å². The van der Waals surface area contributed by atoms with E-state index in [1.807, 2.05) is 30.9 Å². The van der Waals surface area contributed by atoms with Gasteiger partial charge in [0.15, 0.2) is 5.65 Å². The van der Waals surface area contributed by atoms with Crippen LogP contribution in [0.1, 0.15) is 52.8 Å². The molecule has 1 amide bonds. The molecule has 1 aliphatic rings. The average Bonchev–Trinajstić information content (AvgIpc) is 3.31. The molecule has 5 rings (SSSR count). The second-order valence-corrected chi connectivity index (χ2v) is 8.82. The maximum Gasteiger partial charge on any atom is 0.328 e. The predicted molar refractivity (Wildman–Crippen MR) is 134 cm³/mol. The number of rotatable bonds is 5. The van der Waals surface area contributed by atoms with Gasteiger partial charge in [0.1, 0.15) is 11.5 Å². The van der Waals surface area contributed by atoms with Gasteiger partial charge in [-0.25, -0.2) is 18.7 Å². The third kappa shape index (κ3) is 4.26. The van der Waals surface area contributed by atoms with Gasteiger partial charge < -0.3 is 10.0 Å². The molecular formula is C28H25FN4O3. The second kappa shape index (κ2) is 9.37. The molecule has 0 radical (unpaired) electrons. The van der Waals surface area contributed by atoms with Crippen molar-refractivity contribution in [1.29, 1.82) is 0 Å². The van der Waals surface area contributed by atoms with Gasteiger partial charge >= 0.3 is 5.97 Å². The number of amides is 1. The minimum absolute atomic E-state index is 0.0613. The normalized spacial score (nSPS) is 15.4. The fraction of sp³-hybridized carbons (Fsp3) is 0.214. The summed E-state index contributed by atoms with van der Waals surface area (Å²) in [4.78, 5) is 30.7. The zero-order valence-corrected chi connectivity index (χ0v) is 20.0. The van der Waals surface area contributed by atoms with Crippen molar-refractivity contribution in [3.05, 3.63) is 94.6 Å². The first-order valence-corrected chi connectivity index (χ1v) is 11.8. The number of carbonyl (C=O) groups excluding carboxylic acids is 1. The number of carboxylic acid groups (broad SMARTS) is 1. The number of aliphatic carboxylic acids is 1. The molecule has 3 heterocycles. The van der Waals surface area contributed by atoms with E-state index in [1.165, 1.54) is 17.7 Å². The molecule has 0 bridgehead atoms. The second-order valence-electron chi connectivity index (χ2n) is 8.82. The van der Waals surface area contributed by atoms with E-state index in [-0.39, 0.29) is 17.5 Å². The fourth-order valence-corrected chi connectivity index (χ4v) is 4.74. The first-order valence-electron chi connectivity index (χ1n) is 11.8. The summed E-state index contributed by atoms with van der Waals surface area (Å²) in [6.45, 7) is 4.61. The van der Waals surface area contributed by atoms with Crippen molar-refractivity contribution < 1.29 is 19.1 Å². The van der Waals surface area contributed by atoms with E-state index in [0.29, 0.717) is 35.6 Å². The van der Waals surface area contributed by atoms with Gasteiger partial charge in [-0.05, 0) is 60.7 Å². The SMILES string of the molecule is CCc1cc(C(=O)N2CCc3ccccc3[C@H]2C)nc2cc(-c3ccc(/C=C/C(=O)O)cc3F)nn12. The van der Waals surface area contributed by atoms with Crippen LogP contribution in [0.5, 0.6) is 0 Å². The summed E-state index contributed by atoms with van der Waals surface area (Å²) in [5, 5.41) is 13.3. The van der Waals surface area contributed by atoms with Crippen molar-refractivity contribution in [2.75, 3.05) is 6.54 Å². The summed E-state index contributed by atoms with van der Waals surface area (Å²) in [7, 11) is 0. The Morgan fingerprint density at radius 1 is 1.17 bits per heavy atom. The Morgan fingerprint density at radius 2 is 1.97 bits per heavy atom. The topological polar surface area (TPSA) is 87.8 Å². The van der Waals surface area contributed by atoms with Crippen LogP contribution in [0.2, 0.25) is 0 Å². The first-order chi connectivity index (χ1) is 17.4. The molecule has 0 saturated carbocycles. The zero-order valence-electron chi connectivity index (χ0n) is 20.0. The smallest absolute Gasteiger partial charge is 0.328 e. The van der Waals surface area contributed by atoms with Gasteiger partial charge in [-0.3, -0.25) is 4.79 Å². The van der Waals surface area contributed by atoms with E-state index in [4.69, 9.17) is 5.11 Å². The lowest BCUT2D eigenvalue weighted by Crippen LogP contribution is -2.39. The highest BCUT2D eigenvalue weighted by molar-refractivity contribution is 5.93. The summed E-state index contributed by atoms with van der Waals surface area (Å²) in [6.07, 6.45) is 3.69. The predicted octanol–water partition coefficient (Wildman–Crippen LogP) is 4.96. The molecule has 0 unspecified atom stereocenters. The molecule has 0 saturated heterocycles. The highest BCUT2D eigenvalue weighted by Crippen LogP contribution is 2.31. The van der Waals surface area contributed by atoms with E-state index in [2.05, 4.69) is 22.2 Å². The maximum absolute atomic E-state index is 14.9. The molecule has 1 aliphatic heterocycles. The lowest BCUT2D eigenvalue weighted by molar-refractivity contribution is -0.131. The van der Waals surface area contributed by atoms with E-state index in [0.717, 1.165) is 23.8 Å². The average molecular weight is 485 g/mol. The number of carbonyl (C=O) groups is 2. The highest BCUT2D eigenvalue weighted by Gasteiger charge is 2.29. The molecule has 0 spiro atoms. The summed E-state index contributed by atoms with van der Waals surface area (Å²) >= 11 is 0. The maximum atomic E-state index is 14.9. The molecule has 8 heteroatoms. The number of aryl methyl sites for hydroxylation is 1. The summed E-state index contributed by atoms with van der Waals surface area (Å²) in [5.74, 6) is -1.77. The van der Waals surface area contributed by atoms with E-state index in [9.17, 15) is 14.0 Å². The molecule has 7 nitrogen and oxygen atoms in total. The van der Waals surface area contributed by atoms with Gasteiger partial charge in [0, 0.05) is 29.9 Å². The van der Waals surface area contributed by atoms with Gasteiger partial charge in [-0.1, -0.05) is 37.3 Å². The Hall–Kier alpha value is -4.33. The van der Waals surface area contributed by atoms with Crippen molar-refractivity contribution >= 4 is 23.6 Å². The molecule has 0 aliphatic carbocycles. The van der Waals surface area contributed by atoms with Gasteiger partial charge in [0.05, 0.1) is 11.7 Å². The highest BCUT2D eigenvalue weighted by atomic mass is 19.1. The first kappa shape index (κ1) is 23.4. The Balaban J connectivity index is 1.49. The molecule has 36 heavy (non-hydrogen) atoms. The van der Waals surface area contributed by atoms with Gasteiger partial charge in [0.25, 0.3) is 5.91 Å². The van der Waals surface area contributed by atoms with Gasteiger partial charge in [-0.2, -0.15) is 5.10 Å². The number of aromatic nitrogens is 3. The minimum atomic E-state index is -1.11. The van der Waals surface area contributed by atoms with Crippen LogP contribution in [0, 0.1) is 5.82 Å². The number of halogens is 1. The quantitative estimate of drug-likeness (QED) is 0.405. The lowest BCUT2D eigenvalue weighted by Gasteiger charge is -2.35. The number of carboxylic acids is 1. The molecule has 2 aromatic heterocycles. The molecule has 4 aromatic rings. The number of benzene rings is 2. The Morgan fingerprint density at radius 3 is 2.72 bits per heavy atom. The third-order valence-electron chi connectivity index (χ3n) is 6.63. The van der Waals surface area contributed by atoms with Crippen molar-refractivity contribution in [2.24, 2.45) is 0 Å². The van der Waals surface area contributed by atoms with Crippen LogP contribution < -0.4 is 0 Å². The molecule has 1 atom stereocenters. The number of fused-ring (bicyclic) bond motifs is 2. The van der Waals surface area contributed by atoms with Gasteiger partial charge in [0.2, 0.25) is 0 Å². The standard InChI is InChI=1S/C28H25FN4O3/c1-3-20-15-25(28(36)32-13-12-19-6-4-5-7-21(19)17(32)2)30-26-16-24(31-33(20)26)22-10-8-18(14-23(22)29)9-11-27(34)35/h4-11,14-17H,3,12-13H2,1-2H3,(H,34,35)/b11-9+/t17-/m1/s1. The van der Waals surface area contributed by atoms with Crippen molar-refractivity contribution in [3.8, 4) is 11.3 Å². The Kier molecular flexibility index (Phi) is 6.10. The molecule has 2 aromatic carbocycles. The third-order valence-corrected chi connectivity index (χ3v) is 6.63. The Bertz CT molecular complexity index is 1520. The largest absolute Gasteiger partial charge is 0.478 e. The summed E-state index contributed by atoms with van der Waals surface area (Å²) in [6, 6.07) is 16.0. The fourth-order valence-electron chi connectivity index (χ4n) is 4.74. The monoisotopic (exact) mass is 484 g/mol. The van der Waals surface area contributed by atoms with E-state index < -0.39 is 11.8 Å². The van der Waals surface area contributed by atoms with Crippen molar-refractivity contribution in [3.63, 3.8) is 0 Å². The van der Waals surface area contributed by atoms with E-state index >= 15 is 0 Å².